The molecule has 1 atom stereocenters. The number of benzene rings is 2. The van der Waals surface area contributed by atoms with Gasteiger partial charge in [-0.05, 0) is 36.1 Å². The SMILES string of the molecule is Oc1ccc(CNCC(O)CCc2ccccc2)cc1. The molecule has 0 spiro atoms. The highest BCUT2D eigenvalue weighted by molar-refractivity contribution is 5.25. The van der Waals surface area contributed by atoms with Crippen LogP contribution in [0.1, 0.15) is 17.5 Å². The van der Waals surface area contributed by atoms with Crippen LogP contribution in [0, 0.1) is 0 Å². The molecule has 0 saturated carbocycles. The zero-order valence-electron chi connectivity index (χ0n) is 11.5. The second kappa shape index (κ2) is 7.68. The molecule has 0 radical (unpaired) electrons. The molecule has 0 fully saturated rings. The van der Waals surface area contributed by atoms with Crippen molar-refractivity contribution in [1.29, 1.82) is 0 Å². The van der Waals surface area contributed by atoms with Gasteiger partial charge in [0, 0.05) is 13.1 Å². The molecule has 0 amide bonds. The van der Waals surface area contributed by atoms with E-state index in [9.17, 15) is 10.2 Å². The zero-order valence-corrected chi connectivity index (χ0v) is 11.5. The Hall–Kier alpha value is -1.84. The standard InChI is InChI=1S/C17H21NO2/c19-16-9-7-15(8-10-16)12-18-13-17(20)11-6-14-4-2-1-3-5-14/h1-5,7-10,17-20H,6,11-13H2. The molecule has 106 valence electrons. The zero-order chi connectivity index (χ0) is 14.2. The van der Waals surface area contributed by atoms with Crippen molar-refractivity contribution in [2.45, 2.75) is 25.5 Å². The first-order valence-corrected chi connectivity index (χ1v) is 6.94. The van der Waals surface area contributed by atoms with Crippen LogP contribution in [0.3, 0.4) is 0 Å². The van der Waals surface area contributed by atoms with Crippen LogP contribution < -0.4 is 5.32 Å². The Morgan fingerprint density at radius 1 is 0.900 bits per heavy atom. The summed E-state index contributed by atoms with van der Waals surface area (Å²) >= 11 is 0. The van der Waals surface area contributed by atoms with E-state index in [2.05, 4.69) is 17.4 Å². The van der Waals surface area contributed by atoms with Crippen molar-refractivity contribution in [3.63, 3.8) is 0 Å². The summed E-state index contributed by atoms with van der Waals surface area (Å²) in [4.78, 5) is 0. The van der Waals surface area contributed by atoms with Gasteiger partial charge in [-0.15, -0.1) is 0 Å². The number of aliphatic hydroxyl groups excluding tert-OH is 1. The lowest BCUT2D eigenvalue weighted by molar-refractivity contribution is 0.161. The third kappa shape index (κ3) is 5.03. The van der Waals surface area contributed by atoms with Crippen LogP contribution in [-0.4, -0.2) is 22.9 Å². The highest BCUT2D eigenvalue weighted by atomic mass is 16.3. The molecule has 0 bridgehead atoms. The number of hydrogen-bond acceptors (Lipinski definition) is 3. The summed E-state index contributed by atoms with van der Waals surface area (Å²) in [6.45, 7) is 1.27. The maximum atomic E-state index is 9.93. The number of aryl methyl sites for hydroxylation is 1. The first-order valence-electron chi connectivity index (χ1n) is 6.94. The van der Waals surface area contributed by atoms with E-state index in [1.165, 1.54) is 5.56 Å². The largest absolute Gasteiger partial charge is 0.508 e. The van der Waals surface area contributed by atoms with Crippen molar-refractivity contribution in [2.75, 3.05) is 6.54 Å². The predicted octanol–water partition coefficient (Wildman–Crippen LogP) is 2.48. The maximum absolute atomic E-state index is 9.93. The van der Waals surface area contributed by atoms with E-state index in [1.807, 2.05) is 30.3 Å². The summed E-state index contributed by atoms with van der Waals surface area (Å²) in [7, 11) is 0. The summed E-state index contributed by atoms with van der Waals surface area (Å²) in [6, 6.07) is 17.3. The van der Waals surface area contributed by atoms with Gasteiger partial charge in [0.1, 0.15) is 5.75 Å². The highest BCUT2D eigenvalue weighted by Gasteiger charge is 2.04. The minimum absolute atomic E-state index is 0.275. The van der Waals surface area contributed by atoms with Crippen LogP contribution in [0.15, 0.2) is 54.6 Å². The Labute approximate surface area is 119 Å². The van der Waals surface area contributed by atoms with Crippen molar-refractivity contribution in [1.82, 2.24) is 5.32 Å². The van der Waals surface area contributed by atoms with Crippen LogP contribution in [0.5, 0.6) is 5.75 Å². The van der Waals surface area contributed by atoms with E-state index >= 15 is 0 Å². The number of aromatic hydroxyl groups is 1. The van der Waals surface area contributed by atoms with E-state index in [0.717, 1.165) is 18.4 Å². The van der Waals surface area contributed by atoms with Crippen LogP contribution in [0.25, 0.3) is 0 Å². The van der Waals surface area contributed by atoms with Crippen LogP contribution >= 0.6 is 0 Å². The van der Waals surface area contributed by atoms with E-state index in [4.69, 9.17) is 0 Å². The predicted molar refractivity (Wildman–Crippen MR) is 80.6 cm³/mol. The lowest BCUT2D eigenvalue weighted by Crippen LogP contribution is -2.26. The number of nitrogens with one attached hydrogen (secondary N) is 1. The lowest BCUT2D eigenvalue weighted by atomic mass is 10.1. The Bertz CT molecular complexity index is 496. The van der Waals surface area contributed by atoms with E-state index < -0.39 is 0 Å². The van der Waals surface area contributed by atoms with Gasteiger partial charge < -0.3 is 15.5 Å². The summed E-state index contributed by atoms with van der Waals surface area (Å²) in [5, 5.41) is 22.3. The average Bonchev–Trinajstić information content (AvgIpc) is 2.48. The van der Waals surface area contributed by atoms with Gasteiger partial charge in [-0.3, -0.25) is 0 Å². The Morgan fingerprint density at radius 3 is 2.30 bits per heavy atom. The van der Waals surface area contributed by atoms with Gasteiger partial charge in [0.2, 0.25) is 0 Å². The molecule has 0 aliphatic heterocycles. The molecule has 2 aromatic carbocycles. The molecule has 0 saturated heterocycles. The smallest absolute Gasteiger partial charge is 0.115 e. The second-order valence-electron chi connectivity index (χ2n) is 4.98. The molecule has 2 aromatic rings. The van der Waals surface area contributed by atoms with Gasteiger partial charge in [-0.25, -0.2) is 0 Å². The number of rotatable bonds is 7. The molecule has 0 heterocycles. The fourth-order valence-electron chi connectivity index (χ4n) is 2.08. The quantitative estimate of drug-likeness (QED) is 0.725. The van der Waals surface area contributed by atoms with E-state index in [-0.39, 0.29) is 11.9 Å². The molecule has 0 aliphatic carbocycles. The Morgan fingerprint density at radius 2 is 1.60 bits per heavy atom. The van der Waals surface area contributed by atoms with Crippen molar-refractivity contribution in [3.8, 4) is 5.75 Å². The minimum Gasteiger partial charge on any atom is -0.508 e. The lowest BCUT2D eigenvalue weighted by Gasteiger charge is -2.12. The first kappa shape index (κ1) is 14.6. The van der Waals surface area contributed by atoms with Crippen LogP contribution in [-0.2, 0) is 13.0 Å². The maximum Gasteiger partial charge on any atom is 0.115 e. The Kier molecular flexibility index (Phi) is 5.59. The third-order valence-electron chi connectivity index (χ3n) is 3.25. The molecule has 3 nitrogen and oxygen atoms in total. The minimum atomic E-state index is -0.340. The fraction of sp³-hybridized carbons (Fsp3) is 0.294. The van der Waals surface area contributed by atoms with Crippen molar-refractivity contribution >= 4 is 0 Å². The Balaban J connectivity index is 1.65. The third-order valence-corrected chi connectivity index (χ3v) is 3.25. The summed E-state index contributed by atoms with van der Waals surface area (Å²) in [5.41, 5.74) is 2.35. The van der Waals surface area contributed by atoms with Gasteiger partial charge in [-0.2, -0.15) is 0 Å². The van der Waals surface area contributed by atoms with Gasteiger partial charge in [0.05, 0.1) is 6.10 Å². The monoisotopic (exact) mass is 271 g/mol. The summed E-state index contributed by atoms with van der Waals surface area (Å²) in [6.07, 6.45) is 1.31. The highest BCUT2D eigenvalue weighted by Crippen LogP contribution is 2.09. The number of phenolic OH excluding ortho intramolecular Hbond substituents is 1. The molecule has 20 heavy (non-hydrogen) atoms. The van der Waals surface area contributed by atoms with Gasteiger partial charge in [-0.1, -0.05) is 42.5 Å². The number of aliphatic hydroxyl groups is 1. The van der Waals surface area contributed by atoms with E-state index in [0.29, 0.717) is 13.1 Å². The molecule has 1 unspecified atom stereocenters. The fourth-order valence-corrected chi connectivity index (χ4v) is 2.08. The molecule has 0 aliphatic rings. The molecule has 2 rings (SSSR count). The molecule has 3 heteroatoms. The van der Waals surface area contributed by atoms with Crippen LogP contribution in [0.2, 0.25) is 0 Å². The molecular formula is C17H21NO2. The molecule has 0 aromatic heterocycles. The van der Waals surface area contributed by atoms with Crippen molar-refractivity contribution in [2.24, 2.45) is 0 Å². The first-order chi connectivity index (χ1) is 9.74. The topological polar surface area (TPSA) is 52.5 Å². The average molecular weight is 271 g/mol. The molecule has 3 N–H and O–H groups in total. The van der Waals surface area contributed by atoms with Crippen molar-refractivity contribution in [3.05, 3.63) is 65.7 Å². The van der Waals surface area contributed by atoms with Crippen LogP contribution in [0.4, 0.5) is 0 Å². The summed E-state index contributed by atoms with van der Waals surface area (Å²) in [5.74, 6) is 0.275. The van der Waals surface area contributed by atoms with Crippen molar-refractivity contribution < 1.29 is 10.2 Å². The molecular weight excluding hydrogens is 250 g/mol. The summed E-state index contributed by atoms with van der Waals surface area (Å²) < 4.78 is 0. The van der Waals surface area contributed by atoms with Gasteiger partial charge >= 0.3 is 0 Å². The number of phenols is 1. The number of hydrogen-bond donors (Lipinski definition) is 3. The van der Waals surface area contributed by atoms with E-state index in [1.54, 1.807) is 12.1 Å². The second-order valence-corrected chi connectivity index (χ2v) is 4.98. The van der Waals surface area contributed by atoms with Gasteiger partial charge in [0.25, 0.3) is 0 Å². The van der Waals surface area contributed by atoms with Gasteiger partial charge in [0.15, 0.2) is 0 Å². The normalized spacial score (nSPS) is 12.2.